The summed E-state index contributed by atoms with van der Waals surface area (Å²) in [4.78, 5) is 33.8. The van der Waals surface area contributed by atoms with Crippen molar-refractivity contribution in [3.8, 4) is 0 Å². The van der Waals surface area contributed by atoms with E-state index in [2.05, 4.69) is 4.98 Å². The molecule has 0 aliphatic rings. The predicted molar refractivity (Wildman–Crippen MR) is 57.2 cm³/mol. The maximum Gasteiger partial charge on any atom is 0.354 e. The molecule has 0 bridgehead atoms. The summed E-state index contributed by atoms with van der Waals surface area (Å²) in [6, 6.07) is 4.76. The fourth-order valence-electron chi connectivity index (χ4n) is 0.840. The lowest BCUT2D eigenvalue weighted by atomic mass is 10.2. The number of carboxylic acid groups (broad SMARTS) is 1. The minimum atomic E-state index is -0.990. The minimum Gasteiger partial charge on any atom is -0.477 e. The van der Waals surface area contributed by atoms with Crippen molar-refractivity contribution in [3.63, 3.8) is 0 Å². The highest BCUT2D eigenvalue weighted by molar-refractivity contribution is 5.96. The molecule has 0 aliphatic heterocycles. The first-order chi connectivity index (χ1) is 7.43. The Morgan fingerprint density at radius 3 is 1.94 bits per heavy atom. The van der Waals surface area contributed by atoms with Crippen LogP contribution in [-0.2, 0) is 9.59 Å². The van der Waals surface area contributed by atoms with Crippen molar-refractivity contribution < 1.29 is 19.5 Å². The monoisotopic (exact) mass is 223 g/mol. The number of nitrogens with zero attached hydrogens (tertiary/aromatic N) is 1. The van der Waals surface area contributed by atoms with E-state index >= 15 is 0 Å². The molecule has 1 N–H and O–H groups in total. The Hall–Kier alpha value is -2.04. The van der Waals surface area contributed by atoms with Gasteiger partial charge >= 0.3 is 5.97 Å². The van der Waals surface area contributed by atoms with Crippen LogP contribution in [0, 0.1) is 0 Å². The summed E-state index contributed by atoms with van der Waals surface area (Å²) in [7, 11) is 0. The smallest absolute Gasteiger partial charge is 0.354 e. The fraction of sp³-hybridized carbons (Fsp3) is 0.273. The molecule has 0 aliphatic carbocycles. The zero-order valence-electron chi connectivity index (χ0n) is 9.14. The van der Waals surface area contributed by atoms with E-state index in [1.807, 2.05) is 0 Å². The molecular weight excluding hydrogens is 210 g/mol. The fourth-order valence-corrected chi connectivity index (χ4v) is 0.840. The highest BCUT2D eigenvalue weighted by Gasteiger charge is 1.98. The van der Waals surface area contributed by atoms with Gasteiger partial charge in [0.25, 0.3) is 0 Å². The topological polar surface area (TPSA) is 84.3 Å². The van der Waals surface area contributed by atoms with E-state index in [9.17, 15) is 14.4 Å². The molecule has 5 nitrogen and oxygen atoms in total. The van der Waals surface area contributed by atoms with Crippen LogP contribution in [0.4, 0.5) is 0 Å². The van der Waals surface area contributed by atoms with Crippen LogP contribution in [0.25, 0.3) is 0 Å². The average Bonchev–Trinajstić information content (AvgIpc) is 2.17. The Balaban J connectivity index is 0.000000293. The van der Waals surface area contributed by atoms with E-state index in [-0.39, 0.29) is 23.7 Å². The molecule has 1 heterocycles. The third-order valence-electron chi connectivity index (χ3n) is 1.38. The molecule has 1 aromatic heterocycles. The summed E-state index contributed by atoms with van der Waals surface area (Å²) in [6.07, 6.45) is 1.53. The van der Waals surface area contributed by atoms with Crippen molar-refractivity contribution in [3.05, 3.63) is 30.1 Å². The SMILES string of the molecule is CC(=O)CC(C)=O.O=C(O)c1ccccn1. The predicted octanol–water partition coefficient (Wildman–Crippen LogP) is 1.33. The van der Waals surface area contributed by atoms with Crippen molar-refractivity contribution in [1.29, 1.82) is 0 Å². The Morgan fingerprint density at radius 1 is 1.19 bits per heavy atom. The molecule has 0 aromatic carbocycles. The second-order valence-electron chi connectivity index (χ2n) is 3.10. The van der Waals surface area contributed by atoms with Crippen LogP contribution in [-0.4, -0.2) is 27.6 Å². The van der Waals surface area contributed by atoms with Crippen LogP contribution in [0.3, 0.4) is 0 Å². The van der Waals surface area contributed by atoms with Gasteiger partial charge in [0.1, 0.15) is 17.3 Å². The van der Waals surface area contributed by atoms with Gasteiger partial charge in [0.05, 0.1) is 6.42 Å². The van der Waals surface area contributed by atoms with Crippen molar-refractivity contribution >= 4 is 17.5 Å². The molecule has 0 saturated heterocycles. The first-order valence-corrected chi connectivity index (χ1v) is 4.56. The van der Waals surface area contributed by atoms with Gasteiger partial charge in [-0.25, -0.2) is 9.78 Å². The van der Waals surface area contributed by atoms with Gasteiger partial charge in [-0.2, -0.15) is 0 Å². The largest absolute Gasteiger partial charge is 0.477 e. The van der Waals surface area contributed by atoms with Crippen LogP contribution >= 0.6 is 0 Å². The summed E-state index contributed by atoms with van der Waals surface area (Å²) in [5.41, 5.74) is 0.0810. The standard InChI is InChI=1S/C6H5NO2.C5H8O2/c8-6(9)5-3-1-2-4-7-5;1-4(6)3-5(2)7/h1-4H,(H,8,9);3H2,1-2H3. The average molecular weight is 223 g/mol. The summed E-state index contributed by atoms with van der Waals surface area (Å²) in [6.45, 7) is 2.81. The summed E-state index contributed by atoms with van der Waals surface area (Å²) in [5, 5.41) is 8.32. The van der Waals surface area contributed by atoms with Crippen LogP contribution < -0.4 is 0 Å². The first-order valence-electron chi connectivity index (χ1n) is 4.56. The van der Waals surface area contributed by atoms with Gasteiger partial charge in [-0.15, -0.1) is 0 Å². The van der Waals surface area contributed by atoms with E-state index < -0.39 is 5.97 Å². The van der Waals surface area contributed by atoms with E-state index in [0.717, 1.165) is 0 Å². The highest BCUT2D eigenvalue weighted by Crippen LogP contribution is 1.90. The number of carbonyl (C=O) groups is 3. The quantitative estimate of drug-likeness (QED) is 0.781. The van der Waals surface area contributed by atoms with Crippen molar-refractivity contribution in [2.45, 2.75) is 20.3 Å². The molecule has 0 atom stereocenters. The Bertz CT molecular complexity index is 361. The van der Waals surface area contributed by atoms with E-state index in [0.29, 0.717) is 0 Å². The first kappa shape index (κ1) is 14.0. The van der Waals surface area contributed by atoms with Gasteiger partial charge in [0.15, 0.2) is 0 Å². The van der Waals surface area contributed by atoms with Crippen LogP contribution in [0.2, 0.25) is 0 Å². The molecule has 0 radical (unpaired) electrons. The number of ketones is 2. The number of Topliss-reactive ketones (excluding diaryl/α,β-unsaturated/α-hetero) is 2. The third-order valence-corrected chi connectivity index (χ3v) is 1.38. The Labute approximate surface area is 93.1 Å². The van der Waals surface area contributed by atoms with Gasteiger partial charge in [-0.05, 0) is 26.0 Å². The van der Waals surface area contributed by atoms with Gasteiger partial charge in [-0.3, -0.25) is 9.59 Å². The highest BCUT2D eigenvalue weighted by atomic mass is 16.4. The number of rotatable bonds is 3. The second-order valence-corrected chi connectivity index (χ2v) is 3.10. The van der Waals surface area contributed by atoms with Crippen molar-refractivity contribution in [2.24, 2.45) is 0 Å². The molecule has 1 rings (SSSR count). The zero-order chi connectivity index (χ0) is 12.6. The van der Waals surface area contributed by atoms with Gasteiger partial charge in [0.2, 0.25) is 0 Å². The molecule has 16 heavy (non-hydrogen) atoms. The normalized spacial score (nSPS) is 8.62. The number of hydrogen-bond donors (Lipinski definition) is 1. The molecule has 0 fully saturated rings. The number of pyridine rings is 1. The molecular formula is C11H13NO4. The third kappa shape index (κ3) is 7.37. The molecule has 0 unspecified atom stereocenters. The lowest BCUT2D eigenvalue weighted by molar-refractivity contribution is -0.124. The Kier molecular flexibility index (Phi) is 6.35. The minimum absolute atomic E-state index is 0.0625. The lowest BCUT2D eigenvalue weighted by Crippen LogP contribution is -1.97. The Morgan fingerprint density at radius 2 is 1.75 bits per heavy atom. The van der Waals surface area contributed by atoms with E-state index in [4.69, 9.17) is 5.11 Å². The van der Waals surface area contributed by atoms with Gasteiger partial charge in [-0.1, -0.05) is 6.07 Å². The molecule has 0 saturated carbocycles. The van der Waals surface area contributed by atoms with Gasteiger partial charge < -0.3 is 5.11 Å². The molecule has 0 spiro atoms. The summed E-state index contributed by atoms with van der Waals surface area (Å²) < 4.78 is 0. The van der Waals surface area contributed by atoms with Crippen LogP contribution in [0.5, 0.6) is 0 Å². The second kappa shape index (κ2) is 7.28. The summed E-state index contributed by atoms with van der Waals surface area (Å²) >= 11 is 0. The maximum atomic E-state index is 10.1. The summed E-state index contributed by atoms with van der Waals surface area (Å²) in [5.74, 6) is -1.12. The zero-order valence-corrected chi connectivity index (χ0v) is 9.14. The molecule has 0 amide bonds. The van der Waals surface area contributed by atoms with E-state index in [1.54, 1.807) is 12.1 Å². The number of aromatic carboxylic acids is 1. The number of aromatic nitrogens is 1. The van der Waals surface area contributed by atoms with E-state index in [1.165, 1.54) is 26.1 Å². The van der Waals surface area contributed by atoms with Crippen molar-refractivity contribution in [1.82, 2.24) is 4.98 Å². The number of carboxylic acids is 1. The van der Waals surface area contributed by atoms with Gasteiger partial charge in [0, 0.05) is 6.20 Å². The number of carbonyl (C=O) groups excluding carboxylic acids is 2. The molecule has 86 valence electrons. The molecule has 1 aromatic rings. The maximum absolute atomic E-state index is 10.1. The van der Waals surface area contributed by atoms with Crippen molar-refractivity contribution in [2.75, 3.05) is 0 Å². The molecule has 5 heteroatoms. The van der Waals surface area contributed by atoms with Crippen LogP contribution in [0.15, 0.2) is 24.4 Å². The van der Waals surface area contributed by atoms with Crippen LogP contribution in [0.1, 0.15) is 30.8 Å². The number of hydrogen-bond acceptors (Lipinski definition) is 4. The lowest BCUT2D eigenvalue weighted by Gasteiger charge is -1.87.